The Hall–Kier alpha value is -3.20. The zero-order valence-electron chi connectivity index (χ0n) is 14.7. The standard InChI is InChI=1S/C19H15BrN2O6/c1-2-28-19(25)15-16(11-3-5-12(20)6-4-11)21(18(24)17(15)23)13-7-9-14(10-8-13)22(26)27/h3-10,16,23H,2H2,1H3. The molecule has 2 aromatic rings. The largest absolute Gasteiger partial charge is 0.503 e. The Labute approximate surface area is 168 Å². The van der Waals surface area contributed by atoms with E-state index in [1.165, 1.54) is 29.2 Å². The van der Waals surface area contributed by atoms with Crippen LogP contribution in [0.2, 0.25) is 0 Å². The summed E-state index contributed by atoms with van der Waals surface area (Å²) in [5, 5.41) is 21.3. The Morgan fingerprint density at radius 2 is 1.82 bits per heavy atom. The summed E-state index contributed by atoms with van der Waals surface area (Å²) < 4.78 is 5.82. The molecule has 8 nitrogen and oxygen atoms in total. The van der Waals surface area contributed by atoms with E-state index in [0.29, 0.717) is 11.3 Å². The zero-order chi connectivity index (χ0) is 20.4. The number of rotatable bonds is 5. The van der Waals surface area contributed by atoms with Gasteiger partial charge in [0.1, 0.15) is 5.57 Å². The number of esters is 1. The van der Waals surface area contributed by atoms with Crippen LogP contribution in [-0.4, -0.2) is 28.5 Å². The summed E-state index contributed by atoms with van der Waals surface area (Å²) in [5.74, 6) is -2.29. The number of nitrogens with zero attached hydrogens (tertiary/aromatic N) is 2. The number of non-ortho nitro benzene ring substituents is 1. The molecule has 3 rings (SSSR count). The van der Waals surface area contributed by atoms with Crippen LogP contribution in [0.5, 0.6) is 0 Å². The maximum Gasteiger partial charge on any atom is 0.340 e. The van der Waals surface area contributed by atoms with E-state index in [4.69, 9.17) is 4.74 Å². The summed E-state index contributed by atoms with van der Waals surface area (Å²) in [6.07, 6.45) is 0. The van der Waals surface area contributed by atoms with Gasteiger partial charge in [-0.3, -0.25) is 19.8 Å². The van der Waals surface area contributed by atoms with E-state index in [9.17, 15) is 24.8 Å². The van der Waals surface area contributed by atoms with Crippen molar-refractivity contribution < 1.29 is 24.4 Å². The van der Waals surface area contributed by atoms with Crippen LogP contribution >= 0.6 is 15.9 Å². The second-order valence-corrected chi connectivity index (χ2v) is 6.80. The molecule has 0 spiro atoms. The monoisotopic (exact) mass is 446 g/mol. The van der Waals surface area contributed by atoms with Gasteiger partial charge in [0.2, 0.25) is 0 Å². The third-order valence-electron chi connectivity index (χ3n) is 4.23. The molecule has 1 amide bonds. The van der Waals surface area contributed by atoms with Crippen LogP contribution in [0.15, 0.2) is 64.3 Å². The molecule has 1 atom stereocenters. The van der Waals surface area contributed by atoms with E-state index in [0.717, 1.165) is 4.47 Å². The summed E-state index contributed by atoms with van der Waals surface area (Å²) in [5.41, 5.74) is 0.558. The summed E-state index contributed by atoms with van der Waals surface area (Å²) in [4.78, 5) is 36.8. The minimum atomic E-state index is -0.930. The lowest BCUT2D eigenvalue weighted by molar-refractivity contribution is -0.384. The quantitative estimate of drug-likeness (QED) is 0.424. The highest BCUT2D eigenvalue weighted by molar-refractivity contribution is 9.10. The molecule has 0 radical (unpaired) electrons. The van der Waals surface area contributed by atoms with Gasteiger partial charge in [-0.25, -0.2) is 4.79 Å². The molecule has 28 heavy (non-hydrogen) atoms. The number of carbonyl (C=O) groups excluding carboxylic acids is 2. The van der Waals surface area contributed by atoms with Gasteiger partial charge in [0.15, 0.2) is 5.76 Å². The lowest BCUT2D eigenvalue weighted by Gasteiger charge is -2.26. The van der Waals surface area contributed by atoms with Gasteiger partial charge in [-0.15, -0.1) is 0 Å². The fraction of sp³-hybridized carbons (Fsp3) is 0.158. The van der Waals surface area contributed by atoms with Crippen LogP contribution in [0.3, 0.4) is 0 Å². The van der Waals surface area contributed by atoms with Crippen LogP contribution in [0.4, 0.5) is 11.4 Å². The predicted octanol–water partition coefficient (Wildman–Crippen LogP) is 3.82. The Balaban J connectivity index is 2.12. The van der Waals surface area contributed by atoms with Crippen molar-refractivity contribution in [3.05, 3.63) is 80.0 Å². The number of benzene rings is 2. The molecule has 9 heteroatoms. The maximum atomic E-state index is 12.8. The van der Waals surface area contributed by atoms with Crippen molar-refractivity contribution in [1.29, 1.82) is 0 Å². The van der Waals surface area contributed by atoms with Crippen LogP contribution in [-0.2, 0) is 14.3 Å². The van der Waals surface area contributed by atoms with E-state index in [1.54, 1.807) is 31.2 Å². The molecule has 1 N–H and O–H groups in total. The van der Waals surface area contributed by atoms with Crippen molar-refractivity contribution in [2.45, 2.75) is 13.0 Å². The van der Waals surface area contributed by atoms with E-state index in [2.05, 4.69) is 15.9 Å². The summed E-state index contributed by atoms with van der Waals surface area (Å²) in [6.45, 7) is 1.70. The number of halogens is 1. The summed E-state index contributed by atoms with van der Waals surface area (Å²) >= 11 is 3.33. The number of nitro groups is 1. The van der Waals surface area contributed by atoms with Crippen molar-refractivity contribution in [3.63, 3.8) is 0 Å². The molecular formula is C19H15BrN2O6. The number of nitro benzene ring substituents is 1. The normalized spacial score (nSPS) is 16.4. The molecule has 2 aromatic carbocycles. The fourth-order valence-electron chi connectivity index (χ4n) is 2.98. The number of hydrogen-bond acceptors (Lipinski definition) is 6. The number of ether oxygens (including phenoxy) is 1. The lowest BCUT2D eigenvalue weighted by Crippen LogP contribution is -2.31. The number of aliphatic hydroxyl groups is 1. The Morgan fingerprint density at radius 3 is 2.36 bits per heavy atom. The minimum Gasteiger partial charge on any atom is -0.503 e. The first-order chi connectivity index (χ1) is 13.3. The SMILES string of the molecule is CCOC(=O)C1=C(O)C(=O)N(c2ccc([N+](=O)[O-])cc2)C1c1ccc(Br)cc1. The second kappa shape index (κ2) is 7.81. The molecule has 1 heterocycles. The Kier molecular flexibility index (Phi) is 5.46. The maximum absolute atomic E-state index is 12.8. The van der Waals surface area contributed by atoms with Gasteiger partial charge >= 0.3 is 5.97 Å². The van der Waals surface area contributed by atoms with Crippen molar-refractivity contribution in [2.24, 2.45) is 0 Å². The molecule has 1 aliphatic rings. The molecule has 1 unspecified atom stereocenters. The molecule has 1 aliphatic heterocycles. The third kappa shape index (κ3) is 3.48. The number of aliphatic hydroxyl groups excluding tert-OH is 1. The van der Waals surface area contributed by atoms with Gasteiger partial charge in [0.25, 0.3) is 11.6 Å². The molecule has 0 aliphatic carbocycles. The highest BCUT2D eigenvalue weighted by Gasteiger charge is 2.45. The molecule has 0 saturated carbocycles. The van der Waals surface area contributed by atoms with Crippen molar-refractivity contribution in [1.82, 2.24) is 0 Å². The smallest absolute Gasteiger partial charge is 0.340 e. The van der Waals surface area contributed by atoms with Crippen molar-refractivity contribution in [2.75, 3.05) is 11.5 Å². The highest BCUT2D eigenvalue weighted by Crippen LogP contribution is 2.41. The fourth-order valence-corrected chi connectivity index (χ4v) is 3.25. The van der Waals surface area contributed by atoms with Crippen molar-refractivity contribution in [3.8, 4) is 0 Å². The molecule has 0 fully saturated rings. The Bertz CT molecular complexity index is 969. The Morgan fingerprint density at radius 1 is 1.21 bits per heavy atom. The van der Waals surface area contributed by atoms with Crippen LogP contribution in [0.25, 0.3) is 0 Å². The molecule has 0 bridgehead atoms. The van der Waals surface area contributed by atoms with Crippen LogP contribution < -0.4 is 4.90 Å². The average molecular weight is 447 g/mol. The number of anilines is 1. The van der Waals surface area contributed by atoms with E-state index in [-0.39, 0.29) is 17.9 Å². The molecular weight excluding hydrogens is 432 g/mol. The highest BCUT2D eigenvalue weighted by atomic mass is 79.9. The number of amides is 1. The first-order valence-electron chi connectivity index (χ1n) is 8.28. The van der Waals surface area contributed by atoms with Crippen molar-refractivity contribution >= 4 is 39.2 Å². The third-order valence-corrected chi connectivity index (χ3v) is 4.76. The minimum absolute atomic E-state index is 0.0778. The number of hydrogen-bond donors (Lipinski definition) is 1. The first kappa shape index (κ1) is 19.6. The summed E-state index contributed by atoms with van der Waals surface area (Å²) in [6, 6.07) is 11.3. The lowest BCUT2D eigenvalue weighted by atomic mass is 9.99. The predicted molar refractivity (Wildman–Crippen MR) is 104 cm³/mol. The van der Waals surface area contributed by atoms with Crippen LogP contribution in [0.1, 0.15) is 18.5 Å². The zero-order valence-corrected chi connectivity index (χ0v) is 16.3. The number of carbonyl (C=O) groups is 2. The van der Waals surface area contributed by atoms with E-state index < -0.39 is 28.6 Å². The van der Waals surface area contributed by atoms with Gasteiger partial charge in [-0.1, -0.05) is 28.1 Å². The van der Waals surface area contributed by atoms with Gasteiger partial charge in [-0.2, -0.15) is 0 Å². The van der Waals surface area contributed by atoms with Gasteiger partial charge < -0.3 is 9.84 Å². The molecule has 0 aromatic heterocycles. The van der Waals surface area contributed by atoms with Gasteiger partial charge in [0.05, 0.1) is 17.6 Å². The molecule has 144 valence electrons. The van der Waals surface area contributed by atoms with Gasteiger partial charge in [0, 0.05) is 22.3 Å². The first-order valence-corrected chi connectivity index (χ1v) is 9.08. The van der Waals surface area contributed by atoms with Crippen LogP contribution in [0, 0.1) is 10.1 Å². The van der Waals surface area contributed by atoms with E-state index >= 15 is 0 Å². The topological polar surface area (TPSA) is 110 Å². The summed E-state index contributed by atoms with van der Waals surface area (Å²) in [7, 11) is 0. The van der Waals surface area contributed by atoms with Gasteiger partial charge in [-0.05, 0) is 36.8 Å². The average Bonchev–Trinajstić information content (AvgIpc) is 2.94. The van der Waals surface area contributed by atoms with E-state index in [1.807, 2.05) is 0 Å². The molecule has 0 saturated heterocycles. The second-order valence-electron chi connectivity index (χ2n) is 5.89.